The molecule has 0 spiro atoms. The highest BCUT2D eigenvalue weighted by Gasteiger charge is 2.47. The van der Waals surface area contributed by atoms with Gasteiger partial charge in [0.2, 0.25) is 5.91 Å². The summed E-state index contributed by atoms with van der Waals surface area (Å²) in [6, 6.07) is 2.82. The van der Waals surface area contributed by atoms with Crippen LogP contribution >= 0.6 is 0 Å². The van der Waals surface area contributed by atoms with Crippen molar-refractivity contribution in [3.05, 3.63) is 53.5 Å². The Bertz CT molecular complexity index is 1190. The molecule has 1 aromatic heterocycles. The van der Waals surface area contributed by atoms with Crippen molar-refractivity contribution in [1.29, 1.82) is 0 Å². The minimum atomic E-state index is -4.97. The second kappa shape index (κ2) is 8.51. The Hall–Kier alpha value is -2.70. The largest absolute Gasteiger partial charge is 0.417 e. The highest BCUT2D eigenvalue weighted by Crippen LogP contribution is 2.41. The van der Waals surface area contributed by atoms with Crippen LogP contribution in [-0.2, 0) is 27.0 Å². The number of carbonyl (C=O) groups is 1. The molecule has 34 heavy (non-hydrogen) atoms. The maximum Gasteiger partial charge on any atom is 0.417 e. The molecule has 0 bridgehead atoms. The fourth-order valence-electron chi connectivity index (χ4n) is 3.79. The van der Waals surface area contributed by atoms with E-state index < -0.39 is 60.6 Å². The highest BCUT2D eigenvalue weighted by molar-refractivity contribution is 7.92. The third-order valence-corrected chi connectivity index (χ3v) is 8.53. The quantitative estimate of drug-likeness (QED) is 0.525. The number of benzene rings is 1. The zero-order valence-electron chi connectivity index (χ0n) is 17.8. The second-order valence-electron chi connectivity index (χ2n) is 8.42. The van der Waals surface area contributed by atoms with E-state index in [1.807, 2.05) is 0 Å². The van der Waals surface area contributed by atoms with E-state index in [2.05, 4.69) is 4.98 Å². The molecule has 0 unspecified atom stereocenters. The van der Waals surface area contributed by atoms with Crippen LogP contribution in [0.25, 0.3) is 0 Å². The number of piperidine rings is 1. The van der Waals surface area contributed by atoms with Gasteiger partial charge in [-0.3, -0.25) is 9.69 Å². The maximum atomic E-state index is 13.8. The summed E-state index contributed by atoms with van der Waals surface area (Å²) in [7, 11) is -4.52. The van der Waals surface area contributed by atoms with Crippen molar-refractivity contribution in [2.24, 2.45) is 5.92 Å². The first-order valence-corrected chi connectivity index (χ1v) is 11.4. The van der Waals surface area contributed by atoms with E-state index in [9.17, 15) is 43.9 Å². The van der Waals surface area contributed by atoms with Gasteiger partial charge in [0.15, 0.2) is 9.84 Å². The molecule has 13 heteroatoms. The van der Waals surface area contributed by atoms with Gasteiger partial charge in [0, 0.05) is 19.2 Å². The number of sulfone groups is 1. The third kappa shape index (κ3) is 4.89. The second-order valence-corrected chi connectivity index (χ2v) is 10.9. The first-order valence-electron chi connectivity index (χ1n) is 9.90. The number of carbonyl (C=O) groups excluding carboxylic acids is 1. The van der Waals surface area contributed by atoms with Crippen LogP contribution < -0.4 is 4.90 Å². The molecule has 5 nitrogen and oxygen atoms in total. The van der Waals surface area contributed by atoms with Crippen LogP contribution in [0.1, 0.15) is 37.8 Å². The number of alkyl halides is 6. The van der Waals surface area contributed by atoms with Gasteiger partial charge in [0.05, 0.1) is 20.8 Å². The normalized spacial score (nSPS) is 18.3. The summed E-state index contributed by atoms with van der Waals surface area (Å²) in [5, 5.41) is 0. The van der Waals surface area contributed by atoms with Crippen molar-refractivity contribution in [3.8, 4) is 0 Å². The summed E-state index contributed by atoms with van der Waals surface area (Å²) in [6.07, 6.45) is -9.28. The highest BCUT2D eigenvalue weighted by atomic mass is 32.2. The van der Waals surface area contributed by atoms with Crippen molar-refractivity contribution in [2.75, 3.05) is 11.4 Å². The Morgan fingerprint density at radius 3 is 2.09 bits per heavy atom. The lowest BCUT2D eigenvalue weighted by molar-refractivity contribution is -0.138. The molecule has 3 rings (SSSR count). The van der Waals surface area contributed by atoms with Gasteiger partial charge >= 0.3 is 12.4 Å². The van der Waals surface area contributed by atoms with Gasteiger partial charge in [-0.25, -0.2) is 17.8 Å². The van der Waals surface area contributed by atoms with Gasteiger partial charge in [-0.1, -0.05) is 0 Å². The fraction of sp³-hybridized carbons (Fsp3) is 0.429. The third-order valence-electron chi connectivity index (χ3n) is 5.96. The standard InChI is InChI=1S/C21H19F7N2O3S/c1-19(2,34(32,33)16-8-14(21(26,27)28)7-15(22)10-16)12-5-6-30(18(31)9-12)17-4-3-13(11-29-17)20(23,24)25/h3-4,7-8,10-12H,5-6,9H2,1-2H3/t12-/m0/s1. The van der Waals surface area contributed by atoms with Gasteiger partial charge in [0.25, 0.3) is 0 Å². The zero-order chi connectivity index (χ0) is 25.7. The molecule has 1 aromatic carbocycles. The lowest BCUT2D eigenvalue weighted by atomic mass is 9.85. The number of hydrogen-bond donors (Lipinski definition) is 0. The number of hydrogen-bond acceptors (Lipinski definition) is 4. The van der Waals surface area contributed by atoms with E-state index in [1.54, 1.807) is 0 Å². The maximum absolute atomic E-state index is 13.8. The molecule has 0 radical (unpaired) electrons. The molecule has 1 amide bonds. The predicted molar refractivity (Wildman–Crippen MR) is 107 cm³/mol. The van der Waals surface area contributed by atoms with Crippen LogP contribution in [0.2, 0.25) is 0 Å². The molecule has 186 valence electrons. The summed E-state index contributed by atoms with van der Waals surface area (Å²) in [5.41, 5.74) is -2.46. The van der Waals surface area contributed by atoms with Crippen LogP contribution in [0.3, 0.4) is 0 Å². The molecular formula is C21H19F7N2O3S. The minimum absolute atomic E-state index is 0.0444. The van der Waals surface area contributed by atoms with E-state index in [4.69, 9.17) is 0 Å². The van der Waals surface area contributed by atoms with Crippen LogP contribution in [0, 0.1) is 11.7 Å². The lowest BCUT2D eigenvalue weighted by Gasteiger charge is -2.39. The molecular weight excluding hydrogens is 493 g/mol. The van der Waals surface area contributed by atoms with E-state index in [0.717, 1.165) is 17.0 Å². The zero-order valence-corrected chi connectivity index (χ0v) is 18.7. The summed E-state index contributed by atoms with van der Waals surface area (Å²) in [4.78, 5) is 16.6. The molecule has 2 heterocycles. The smallest absolute Gasteiger partial charge is 0.297 e. The molecule has 1 atom stereocenters. The number of rotatable bonds is 4. The summed E-state index contributed by atoms with van der Waals surface area (Å²) >= 11 is 0. The molecule has 1 saturated heterocycles. The van der Waals surface area contributed by atoms with Gasteiger partial charge in [-0.15, -0.1) is 0 Å². The Labute approximate surface area is 190 Å². The van der Waals surface area contributed by atoms with Gasteiger partial charge in [-0.2, -0.15) is 26.3 Å². The average Bonchev–Trinajstić information content (AvgIpc) is 2.72. The van der Waals surface area contributed by atoms with Crippen molar-refractivity contribution >= 4 is 21.6 Å². The number of pyridine rings is 1. The molecule has 0 aliphatic carbocycles. The van der Waals surface area contributed by atoms with E-state index >= 15 is 0 Å². The Morgan fingerprint density at radius 2 is 1.59 bits per heavy atom. The number of anilines is 1. The van der Waals surface area contributed by atoms with E-state index in [1.165, 1.54) is 13.8 Å². The monoisotopic (exact) mass is 512 g/mol. The molecule has 0 N–H and O–H groups in total. The first kappa shape index (κ1) is 25.9. The fourth-order valence-corrected chi connectivity index (χ4v) is 5.58. The molecule has 1 aliphatic rings. The molecule has 0 saturated carbocycles. The summed E-state index contributed by atoms with van der Waals surface area (Å²) < 4.78 is 116. The average molecular weight is 512 g/mol. The first-order chi connectivity index (χ1) is 15.4. The number of amides is 1. The number of aromatic nitrogens is 1. The van der Waals surface area contributed by atoms with Gasteiger partial charge < -0.3 is 0 Å². The predicted octanol–water partition coefficient (Wildman–Crippen LogP) is 5.25. The number of halogens is 7. The van der Waals surface area contributed by atoms with Gasteiger partial charge in [-0.05, 0) is 56.5 Å². The Balaban J connectivity index is 1.85. The van der Waals surface area contributed by atoms with Crippen LogP contribution in [0.15, 0.2) is 41.4 Å². The van der Waals surface area contributed by atoms with Crippen molar-refractivity contribution < 1.29 is 43.9 Å². The van der Waals surface area contributed by atoms with Crippen molar-refractivity contribution in [2.45, 2.75) is 48.7 Å². The molecule has 2 aromatic rings. The molecule has 1 fully saturated rings. The van der Waals surface area contributed by atoms with Crippen molar-refractivity contribution in [3.63, 3.8) is 0 Å². The topological polar surface area (TPSA) is 67.3 Å². The Kier molecular flexibility index (Phi) is 6.48. The van der Waals surface area contributed by atoms with Crippen molar-refractivity contribution in [1.82, 2.24) is 4.98 Å². The van der Waals surface area contributed by atoms with Crippen LogP contribution in [0.5, 0.6) is 0 Å². The SMILES string of the molecule is CC(C)([C@H]1CCN(c2ccc(C(F)(F)F)cn2)C(=O)C1)S(=O)(=O)c1cc(F)cc(C(F)(F)F)c1. The van der Waals surface area contributed by atoms with E-state index in [-0.39, 0.29) is 31.3 Å². The number of nitrogens with zero attached hydrogens (tertiary/aromatic N) is 2. The van der Waals surface area contributed by atoms with Crippen LogP contribution in [-0.4, -0.2) is 30.6 Å². The summed E-state index contributed by atoms with van der Waals surface area (Å²) in [6.45, 7) is 2.41. The summed E-state index contributed by atoms with van der Waals surface area (Å²) in [5.74, 6) is -2.88. The van der Waals surface area contributed by atoms with E-state index in [0.29, 0.717) is 18.3 Å². The van der Waals surface area contributed by atoms with Crippen LogP contribution in [0.4, 0.5) is 36.6 Å². The molecule has 1 aliphatic heterocycles. The van der Waals surface area contributed by atoms with Gasteiger partial charge in [0.1, 0.15) is 11.6 Å². The minimum Gasteiger partial charge on any atom is -0.297 e. The lowest BCUT2D eigenvalue weighted by Crippen LogP contribution is -2.49. The Morgan fingerprint density at radius 1 is 0.971 bits per heavy atom.